The number of carbonyl (C=O) groups is 1. The molecule has 0 aliphatic heterocycles. The van der Waals surface area contributed by atoms with Crippen molar-refractivity contribution in [2.24, 2.45) is 0 Å². The second kappa shape index (κ2) is 6.23. The van der Waals surface area contributed by atoms with E-state index < -0.39 is 5.54 Å². The number of esters is 1. The van der Waals surface area contributed by atoms with Crippen LogP contribution in [-0.4, -0.2) is 48.7 Å². The summed E-state index contributed by atoms with van der Waals surface area (Å²) in [6.45, 7) is 5.67. The van der Waals surface area contributed by atoms with E-state index in [-0.39, 0.29) is 5.97 Å². The van der Waals surface area contributed by atoms with E-state index >= 15 is 0 Å². The van der Waals surface area contributed by atoms with Crippen LogP contribution in [0.15, 0.2) is 0 Å². The van der Waals surface area contributed by atoms with Gasteiger partial charge in [-0.2, -0.15) is 0 Å². The van der Waals surface area contributed by atoms with E-state index in [1.807, 2.05) is 6.92 Å². The summed E-state index contributed by atoms with van der Waals surface area (Å²) in [7, 11) is 2.17. The smallest absolute Gasteiger partial charge is 0.326 e. The number of carbonyl (C=O) groups excluding carboxylic acids is 1. The molecule has 0 aromatic rings. The number of hydrogen-bond donors (Lipinski definition) is 1. The second-order valence-corrected chi connectivity index (χ2v) is 6.10. The molecule has 4 nitrogen and oxygen atoms in total. The molecule has 2 unspecified atom stereocenters. The minimum absolute atomic E-state index is 0.0331. The van der Waals surface area contributed by atoms with E-state index in [1.54, 1.807) is 0 Å². The van der Waals surface area contributed by atoms with E-state index in [2.05, 4.69) is 24.2 Å². The van der Waals surface area contributed by atoms with Crippen LogP contribution in [0.3, 0.4) is 0 Å². The molecule has 110 valence electrons. The first-order valence-corrected chi connectivity index (χ1v) is 7.76. The van der Waals surface area contributed by atoms with Crippen LogP contribution >= 0.6 is 0 Å². The minimum Gasteiger partial charge on any atom is -0.465 e. The maximum atomic E-state index is 12.4. The van der Waals surface area contributed by atoms with Crippen molar-refractivity contribution in [1.29, 1.82) is 0 Å². The van der Waals surface area contributed by atoms with Crippen molar-refractivity contribution in [3.8, 4) is 0 Å². The Labute approximate surface area is 116 Å². The Bertz CT molecular complexity index is 317. The number of hydrogen-bond acceptors (Lipinski definition) is 4. The summed E-state index contributed by atoms with van der Waals surface area (Å²) in [5, 5.41) is 3.58. The van der Waals surface area contributed by atoms with Crippen LogP contribution in [0.4, 0.5) is 0 Å². The molecule has 0 aromatic carbocycles. The molecule has 2 aliphatic carbocycles. The zero-order valence-electron chi connectivity index (χ0n) is 12.6. The molecular formula is C15H28N2O2. The lowest BCUT2D eigenvalue weighted by Gasteiger charge is -2.30. The fourth-order valence-electron chi connectivity index (χ4n) is 3.19. The summed E-state index contributed by atoms with van der Waals surface area (Å²) in [6.07, 6.45) is 6.48. The first kappa shape index (κ1) is 14.8. The standard InChI is InChI=1S/C15H28N2O2/c1-4-10-17(3)13-8-9-15(11-13,14(18)19-5-2)16-12-6-7-12/h12-13,16H,4-11H2,1-3H3. The summed E-state index contributed by atoms with van der Waals surface area (Å²) in [6, 6.07) is 1.05. The molecule has 0 spiro atoms. The topological polar surface area (TPSA) is 41.6 Å². The molecule has 0 saturated heterocycles. The lowest BCUT2D eigenvalue weighted by atomic mass is 9.97. The first-order chi connectivity index (χ1) is 9.11. The van der Waals surface area contributed by atoms with E-state index in [1.165, 1.54) is 12.8 Å². The van der Waals surface area contributed by atoms with Crippen molar-refractivity contribution >= 4 is 5.97 Å². The first-order valence-electron chi connectivity index (χ1n) is 7.76. The molecule has 0 heterocycles. The van der Waals surface area contributed by atoms with E-state index in [0.29, 0.717) is 18.7 Å². The lowest BCUT2D eigenvalue weighted by molar-refractivity contribution is -0.151. The Balaban J connectivity index is 2.01. The summed E-state index contributed by atoms with van der Waals surface area (Å²) in [4.78, 5) is 14.8. The Morgan fingerprint density at radius 1 is 1.37 bits per heavy atom. The molecule has 1 N–H and O–H groups in total. The zero-order valence-corrected chi connectivity index (χ0v) is 12.6. The van der Waals surface area contributed by atoms with Crippen molar-refractivity contribution in [1.82, 2.24) is 10.2 Å². The van der Waals surface area contributed by atoms with Crippen molar-refractivity contribution in [3.63, 3.8) is 0 Å². The van der Waals surface area contributed by atoms with Gasteiger partial charge in [0.05, 0.1) is 6.61 Å². The highest BCUT2D eigenvalue weighted by atomic mass is 16.5. The van der Waals surface area contributed by atoms with Gasteiger partial charge in [-0.15, -0.1) is 0 Å². The van der Waals surface area contributed by atoms with Crippen molar-refractivity contribution in [3.05, 3.63) is 0 Å². The number of rotatable bonds is 7. The highest BCUT2D eigenvalue weighted by Gasteiger charge is 2.49. The maximum absolute atomic E-state index is 12.4. The molecule has 4 heteroatoms. The van der Waals surface area contributed by atoms with Crippen LogP contribution in [0.5, 0.6) is 0 Å². The van der Waals surface area contributed by atoms with Gasteiger partial charge in [0.15, 0.2) is 0 Å². The molecule has 0 aromatic heterocycles. The Kier molecular flexibility index (Phi) is 4.85. The third-order valence-electron chi connectivity index (χ3n) is 4.41. The van der Waals surface area contributed by atoms with Gasteiger partial charge >= 0.3 is 5.97 Å². The molecule has 2 fully saturated rings. The van der Waals surface area contributed by atoms with Gasteiger partial charge in [0.1, 0.15) is 5.54 Å². The number of nitrogens with one attached hydrogen (secondary N) is 1. The van der Waals surface area contributed by atoms with Crippen LogP contribution in [0, 0.1) is 0 Å². The van der Waals surface area contributed by atoms with Gasteiger partial charge < -0.3 is 9.64 Å². The fourth-order valence-corrected chi connectivity index (χ4v) is 3.19. The molecule has 2 rings (SSSR count). The zero-order chi connectivity index (χ0) is 13.9. The Morgan fingerprint density at radius 2 is 2.11 bits per heavy atom. The largest absolute Gasteiger partial charge is 0.465 e. The highest BCUT2D eigenvalue weighted by Crippen LogP contribution is 2.37. The highest BCUT2D eigenvalue weighted by molar-refractivity contribution is 5.81. The van der Waals surface area contributed by atoms with Crippen molar-refractivity contribution in [2.45, 2.75) is 70.0 Å². The molecule has 2 atom stereocenters. The molecule has 0 amide bonds. The molecule has 2 saturated carbocycles. The SMILES string of the molecule is CCCN(C)C1CCC(NC2CC2)(C(=O)OCC)C1. The lowest BCUT2D eigenvalue weighted by Crippen LogP contribution is -2.53. The van der Waals surface area contributed by atoms with Gasteiger partial charge in [-0.25, -0.2) is 0 Å². The molecule has 0 bridgehead atoms. The van der Waals surface area contributed by atoms with Crippen LogP contribution in [0.2, 0.25) is 0 Å². The van der Waals surface area contributed by atoms with Gasteiger partial charge in [-0.1, -0.05) is 6.92 Å². The van der Waals surface area contributed by atoms with Gasteiger partial charge in [-0.3, -0.25) is 10.1 Å². The second-order valence-electron chi connectivity index (χ2n) is 6.10. The third-order valence-corrected chi connectivity index (χ3v) is 4.41. The van der Waals surface area contributed by atoms with Crippen molar-refractivity contribution in [2.75, 3.05) is 20.2 Å². The fraction of sp³-hybridized carbons (Fsp3) is 0.933. The van der Waals surface area contributed by atoms with Crippen LogP contribution < -0.4 is 5.32 Å². The third kappa shape index (κ3) is 3.48. The molecular weight excluding hydrogens is 240 g/mol. The van der Waals surface area contributed by atoms with Gasteiger partial charge in [0, 0.05) is 12.1 Å². The van der Waals surface area contributed by atoms with E-state index in [0.717, 1.165) is 32.2 Å². The van der Waals surface area contributed by atoms with Crippen LogP contribution in [0.1, 0.15) is 52.4 Å². The summed E-state index contributed by atoms with van der Waals surface area (Å²) in [5.74, 6) is -0.0331. The Morgan fingerprint density at radius 3 is 2.68 bits per heavy atom. The maximum Gasteiger partial charge on any atom is 0.326 e. The van der Waals surface area contributed by atoms with E-state index in [9.17, 15) is 4.79 Å². The normalized spacial score (nSPS) is 30.8. The number of ether oxygens (including phenoxy) is 1. The van der Waals surface area contributed by atoms with Gasteiger partial charge in [0.2, 0.25) is 0 Å². The van der Waals surface area contributed by atoms with Crippen LogP contribution in [-0.2, 0) is 9.53 Å². The molecule has 0 radical (unpaired) electrons. The van der Waals surface area contributed by atoms with Crippen LogP contribution in [0.25, 0.3) is 0 Å². The Hall–Kier alpha value is -0.610. The average molecular weight is 268 g/mol. The van der Waals surface area contributed by atoms with Gasteiger partial charge in [0.25, 0.3) is 0 Å². The van der Waals surface area contributed by atoms with E-state index in [4.69, 9.17) is 4.74 Å². The summed E-state index contributed by atoms with van der Waals surface area (Å²) < 4.78 is 5.33. The van der Waals surface area contributed by atoms with Gasteiger partial charge in [-0.05, 0) is 59.0 Å². The molecule has 19 heavy (non-hydrogen) atoms. The predicted molar refractivity (Wildman–Crippen MR) is 76.1 cm³/mol. The summed E-state index contributed by atoms with van der Waals surface area (Å²) in [5.41, 5.74) is -0.413. The monoisotopic (exact) mass is 268 g/mol. The quantitative estimate of drug-likeness (QED) is 0.716. The molecule has 2 aliphatic rings. The predicted octanol–water partition coefficient (Wildman–Crippen LogP) is 1.93. The minimum atomic E-state index is -0.413. The van der Waals surface area contributed by atoms with Crippen molar-refractivity contribution < 1.29 is 9.53 Å². The average Bonchev–Trinajstić information content (AvgIpc) is 3.07. The summed E-state index contributed by atoms with van der Waals surface area (Å²) >= 11 is 0. The number of nitrogens with zero attached hydrogens (tertiary/aromatic N) is 1.